The molecule has 0 bridgehead atoms. The van der Waals surface area contributed by atoms with Gasteiger partial charge in [-0.3, -0.25) is 0 Å². The lowest BCUT2D eigenvalue weighted by Crippen LogP contribution is -2.49. The summed E-state index contributed by atoms with van der Waals surface area (Å²) in [7, 11) is -12.1. The van der Waals surface area contributed by atoms with Gasteiger partial charge in [-0.25, -0.2) is 0 Å². The molecule has 0 atom stereocenters. The normalized spacial score (nSPS) is 10.5. The highest BCUT2D eigenvalue weighted by Crippen LogP contribution is 2.00. The van der Waals surface area contributed by atoms with Gasteiger partial charge in [0.2, 0.25) is 0 Å². The summed E-state index contributed by atoms with van der Waals surface area (Å²) in [5.74, 6) is 0. The Kier molecular flexibility index (Phi) is 5.21. The summed E-state index contributed by atoms with van der Waals surface area (Å²) in [5, 5.41) is 0. The third kappa shape index (κ3) is 3.64. The maximum Gasteiger partial charge on any atom is 0.381 e. The molecule has 0 radical (unpaired) electrons. The third-order valence-electron chi connectivity index (χ3n) is 1.50. The molecule has 0 aliphatic heterocycles. The largest absolute Gasteiger partial charge is 0.389 e. The van der Waals surface area contributed by atoms with Gasteiger partial charge in [0.1, 0.15) is 7.59 Å². The van der Waals surface area contributed by atoms with Gasteiger partial charge in [0, 0.05) is 0 Å². The molecule has 0 aliphatic carbocycles. The molecule has 0 N–H and O–H groups in total. The van der Waals surface area contributed by atoms with E-state index in [0.717, 1.165) is 5.70 Å². The summed E-state index contributed by atoms with van der Waals surface area (Å²) in [6, 6.07) is 0. The van der Waals surface area contributed by atoms with Crippen LogP contribution in [0.1, 0.15) is 0 Å². The van der Waals surface area contributed by atoms with Crippen LogP contribution in [0.15, 0.2) is 12.3 Å². The van der Waals surface area contributed by atoms with Crippen LogP contribution in [-0.2, 0) is 17.8 Å². The van der Waals surface area contributed by atoms with Crippen molar-refractivity contribution < 1.29 is 17.8 Å². The Bertz CT molecular complexity index is 328. The van der Waals surface area contributed by atoms with Gasteiger partial charge in [-0.05, 0) is 5.70 Å². The first-order valence-electron chi connectivity index (χ1n) is 4.01. The lowest BCUT2D eigenvalue weighted by molar-refractivity contribution is 0.543. The van der Waals surface area contributed by atoms with Crippen molar-refractivity contribution in [3.05, 3.63) is 12.3 Å². The number of hydrogen-bond acceptors (Lipinski definition) is 4. The first-order valence-corrected chi connectivity index (χ1v) is 17.2. The van der Waals surface area contributed by atoms with E-state index in [1.54, 1.807) is 0 Å². The molecule has 0 aromatic carbocycles. The van der Waals surface area contributed by atoms with Crippen LogP contribution in [0, 0.1) is 0 Å². The topological polar surface area (TPSA) is 68.3 Å². The minimum absolute atomic E-state index is 1.08. The Morgan fingerprint density at radius 2 is 1.43 bits per heavy atom. The van der Waals surface area contributed by atoms with Gasteiger partial charge in [-0.2, -0.15) is 0 Å². The third-order valence-corrected chi connectivity index (χ3v) is 34.7. The van der Waals surface area contributed by atoms with Crippen molar-refractivity contribution in [3.8, 4) is 0 Å². The van der Waals surface area contributed by atoms with Gasteiger partial charge < -0.3 is 17.8 Å². The molecule has 0 saturated carbocycles. The van der Waals surface area contributed by atoms with Crippen LogP contribution < -0.4 is 0 Å². The first-order chi connectivity index (χ1) is 6.21. The van der Waals surface area contributed by atoms with E-state index in [0.29, 0.717) is 0 Å². The van der Waals surface area contributed by atoms with E-state index in [4.69, 9.17) is 0 Å². The van der Waals surface area contributed by atoms with Crippen molar-refractivity contribution in [1.82, 2.24) is 0 Å². The van der Waals surface area contributed by atoms with E-state index in [1.165, 1.54) is 0 Å². The van der Waals surface area contributed by atoms with E-state index in [2.05, 4.69) is 6.58 Å². The number of hydrogen-bond donors (Lipinski definition) is 0. The van der Waals surface area contributed by atoms with Crippen molar-refractivity contribution in [2.45, 2.75) is 19.6 Å². The SMILES string of the molecule is C=C[Si](=O)[Si](=O)[Si](=O)[Si](=O)[Si](C)(C)C. The molecule has 0 aromatic rings. The lowest BCUT2D eigenvalue weighted by atomic mass is 11.3. The summed E-state index contributed by atoms with van der Waals surface area (Å²) in [6.07, 6.45) is 0. The summed E-state index contributed by atoms with van der Waals surface area (Å²) in [4.78, 5) is 0. The second-order valence-electron chi connectivity index (χ2n) is 3.81. The summed E-state index contributed by atoms with van der Waals surface area (Å²) in [5.41, 5.74) is 1.08. The molecule has 0 aromatic heterocycles. The van der Waals surface area contributed by atoms with Crippen LogP contribution in [-0.4, -0.2) is 38.9 Å². The van der Waals surface area contributed by atoms with Crippen molar-refractivity contribution >= 4 is 38.9 Å². The zero-order valence-electron chi connectivity index (χ0n) is 8.42. The van der Waals surface area contributed by atoms with E-state index < -0.39 is 38.9 Å². The molecule has 4 nitrogen and oxygen atoms in total. The predicted molar refractivity (Wildman–Crippen MR) is 59.3 cm³/mol. The second kappa shape index (κ2) is 5.20. The van der Waals surface area contributed by atoms with Crippen LogP contribution in [0.4, 0.5) is 0 Å². The Morgan fingerprint density at radius 1 is 1.00 bits per heavy atom. The summed E-state index contributed by atoms with van der Waals surface area (Å²) in [6.45, 7) is 8.69. The highest BCUT2D eigenvalue weighted by molar-refractivity contribution is 7.65. The smallest absolute Gasteiger partial charge is 0.381 e. The maximum atomic E-state index is 11.7. The van der Waals surface area contributed by atoms with E-state index in [9.17, 15) is 17.8 Å². The molecular formula is C5H12O4Si5. The molecule has 9 heteroatoms. The van der Waals surface area contributed by atoms with Crippen molar-refractivity contribution in [1.29, 1.82) is 0 Å². The molecule has 0 unspecified atom stereocenters. The van der Waals surface area contributed by atoms with Crippen LogP contribution in [0.3, 0.4) is 0 Å². The minimum atomic E-state index is -2.69. The lowest BCUT2D eigenvalue weighted by Gasteiger charge is -2.08. The molecular weight excluding hydrogens is 264 g/mol. The van der Waals surface area contributed by atoms with Crippen molar-refractivity contribution in [2.75, 3.05) is 0 Å². The van der Waals surface area contributed by atoms with E-state index in [1.807, 2.05) is 19.6 Å². The van der Waals surface area contributed by atoms with Gasteiger partial charge in [-0.1, -0.05) is 19.6 Å². The molecule has 0 saturated heterocycles. The molecule has 0 heterocycles. The maximum absolute atomic E-state index is 11.7. The van der Waals surface area contributed by atoms with Crippen molar-refractivity contribution in [3.63, 3.8) is 0 Å². The molecule has 0 aliphatic rings. The molecule has 0 fully saturated rings. The zero-order chi connectivity index (χ0) is 11.5. The second-order valence-corrected chi connectivity index (χ2v) is 30.1. The van der Waals surface area contributed by atoms with Gasteiger partial charge >= 0.3 is 31.4 Å². The van der Waals surface area contributed by atoms with Gasteiger partial charge in [0.05, 0.1) is 0 Å². The summed E-state index contributed by atoms with van der Waals surface area (Å²) < 4.78 is 45.7. The fourth-order valence-electron chi connectivity index (χ4n) is 0.648. The Labute approximate surface area is 88.9 Å². The van der Waals surface area contributed by atoms with Crippen molar-refractivity contribution in [2.24, 2.45) is 0 Å². The molecule has 0 spiro atoms. The summed E-state index contributed by atoms with van der Waals surface area (Å²) >= 11 is 0. The molecule has 0 rings (SSSR count). The molecule has 0 amide bonds. The predicted octanol–water partition coefficient (Wildman–Crippen LogP) is 0.0514. The number of rotatable bonds is 5. The molecule has 14 heavy (non-hydrogen) atoms. The highest BCUT2D eigenvalue weighted by Gasteiger charge is 2.42. The van der Waals surface area contributed by atoms with Crippen LogP contribution >= 0.6 is 0 Å². The van der Waals surface area contributed by atoms with Gasteiger partial charge in [-0.15, -0.1) is 6.58 Å². The minimum Gasteiger partial charge on any atom is -0.389 e. The zero-order valence-corrected chi connectivity index (χ0v) is 13.4. The average molecular weight is 277 g/mol. The van der Waals surface area contributed by atoms with Crippen LogP contribution in [0.25, 0.3) is 0 Å². The van der Waals surface area contributed by atoms with Crippen LogP contribution in [0.2, 0.25) is 19.6 Å². The van der Waals surface area contributed by atoms with Gasteiger partial charge in [0.25, 0.3) is 0 Å². The molecule has 76 valence electrons. The Hall–Kier alpha value is 0.0244. The fourth-order valence-corrected chi connectivity index (χ4v) is 39.7. The Balaban J connectivity index is 4.83. The highest BCUT2D eigenvalue weighted by atomic mass is 29.9. The Morgan fingerprint density at radius 3 is 1.71 bits per heavy atom. The monoisotopic (exact) mass is 276 g/mol. The van der Waals surface area contributed by atoms with E-state index in [-0.39, 0.29) is 0 Å². The average Bonchev–Trinajstić information content (AvgIpc) is 2.11. The quantitative estimate of drug-likeness (QED) is 0.666. The fraction of sp³-hybridized carbons (Fsp3) is 0.600. The van der Waals surface area contributed by atoms with Crippen LogP contribution in [0.5, 0.6) is 0 Å². The van der Waals surface area contributed by atoms with E-state index >= 15 is 0 Å². The van der Waals surface area contributed by atoms with Gasteiger partial charge in [0.15, 0.2) is 0 Å². The standard InChI is InChI=1S/C5H12O4Si5/c1-5-10(6)11(7)12(8)13(9)14(2,3)4/h5H,1H2,2-4H3. The first kappa shape index (κ1) is 14.0.